The Morgan fingerprint density at radius 1 is 1.50 bits per heavy atom. The fraction of sp³-hybridized carbons (Fsp3) is 0.364. The van der Waals surface area contributed by atoms with Gasteiger partial charge in [-0.15, -0.1) is 0 Å². The Balaban J connectivity index is 2.48. The number of benzene rings is 1. The van der Waals surface area contributed by atoms with Crippen molar-refractivity contribution >= 4 is 34.5 Å². The van der Waals surface area contributed by atoms with Crippen molar-refractivity contribution in [2.75, 3.05) is 25.2 Å². The molecule has 1 heterocycles. The summed E-state index contributed by atoms with van der Waals surface area (Å²) in [4.78, 5) is 3.05. The van der Waals surface area contributed by atoms with Crippen molar-refractivity contribution in [2.24, 2.45) is 0 Å². The van der Waals surface area contributed by atoms with E-state index >= 15 is 0 Å². The molecule has 1 aromatic carbocycles. The average molecular weight is 256 g/mol. The van der Waals surface area contributed by atoms with E-state index in [4.69, 9.17) is 23.8 Å². The highest BCUT2D eigenvalue weighted by Gasteiger charge is 2.24. The molecule has 0 bridgehead atoms. The number of thiocarbonyl (C=S) groups is 1. The number of hydrogen-bond acceptors (Lipinski definition) is 3. The van der Waals surface area contributed by atoms with E-state index in [9.17, 15) is 0 Å². The molecule has 1 aliphatic rings. The molecule has 1 aromatic rings. The van der Waals surface area contributed by atoms with E-state index in [-0.39, 0.29) is 0 Å². The molecule has 16 heavy (non-hydrogen) atoms. The van der Waals surface area contributed by atoms with Crippen LogP contribution >= 0.6 is 23.8 Å². The first-order chi connectivity index (χ1) is 7.67. The van der Waals surface area contributed by atoms with Crippen LogP contribution in [0.15, 0.2) is 18.2 Å². The zero-order valence-corrected chi connectivity index (χ0v) is 10.9. The Kier molecular flexibility index (Phi) is 3.33. The van der Waals surface area contributed by atoms with Gasteiger partial charge in [0.2, 0.25) is 0 Å². The van der Waals surface area contributed by atoms with E-state index in [0.717, 1.165) is 34.5 Å². The van der Waals surface area contributed by atoms with Crippen molar-refractivity contribution < 1.29 is 0 Å². The maximum atomic E-state index is 6.02. The van der Waals surface area contributed by atoms with Crippen LogP contribution in [0.1, 0.15) is 12.5 Å². The summed E-state index contributed by atoms with van der Waals surface area (Å²) in [6, 6.07) is 5.82. The number of nitrogens with one attached hydrogen (secondary N) is 1. The molecule has 3 nitrogen and oxygen atoms in total. The zero-order chi connectivity index (χ0) is 11.7. The third kappa shape index (κ3) is 1.88. The van der Waals surface area contributed by atoms with Crippen LogP contribution in [0.4, 0.5) is 5.69 Å². The SMILES string of the molecule is CCN1CN(NC)C(=S)c2ccc(Cl)cc21. The van der Waals surface area contributed by atoms with Gasteiger partial charge in [-0.2, -0.15) is 0 Å². The molecule has 0 unspecified atom stereocenters. The van der Waals surface area contributed by atoms with Crippen molar-refractivity contribution in [3.63, 3.8) is 0 Å². The Morgan fingerprint density at radius 2 is 2.25 bits per heavy atom. The van der Waals surface area contributed by atoms with E-state index in [1.807, 2.05) is 30.3 Å². The smallest absolute Gasteiger partial charge is 0.127 e. The minimum absolute atomic E-state index is 0.748. The lowest BCUT2D eigenvalue weighted by molar-refractivity contribution is 0.337. The van der Waals surface area contributed by atoms with E-state index in [0.29, 0.717) is 0 Å². The molecular formula is C11H14ClN3S. The highest BCUT2D eigenvalue weighted by Crippen LogP contribution is 2.29. The maximum absolute atomic E-state index is 6.02. The zero-order valence-electron chi connectivity index (χ0n) is 9.33. The second kappa shape index (κ2) is 4.57. The van der Waals surface area contributed by atoms with Crippen LogP contribution in [-0.2, 0) is 0 Å². The Bertz CT molecular complexity index is 422. The molecule has 0 saturated carbocycles. The monoisotopic (exact) mass is 255 g/mol. The lowest BCUT2D eigenvalue weighted by atomic mass is 10.1. The summed E-state index contributed by atoms with van der Waals surface area (Å²) < 4.78 is 0. The van der Waals surface area contributed by atoms with Crippen LogP contribution < -0.4 is 10.3 Å². The van der Waals surface area contributed by atoms with Crippen LogP contribution in [0, 0.1) is 0 Å². The number of hydrogen-bond donors (Lipinski definition) is 1. The lowest BCUT2D eigenvalue weighted by Crippen LogP contribution is -2.51. The Labute approximate surface area is 106 Å². The Morgan fingerprint density at radius 3 is 2.88 bits per heavy atom. The Hall–Kier alpha value is -0.840. The predicted molar refractivity (Wildman–Crippen MR) is 71.9 cm³/mol. The number of anilines is 1. The molecule has 5 heteroatoms. The molecule has 0 aliphatic carbocycles. The van der Waals surface area contributed by atoms with Gasteiger partial charge in [0, 0.05) is 29.9 Å². The van der Waals surface area contributed by atoms with Crippen LogP contribution in [-0.4, -0.2) is 30.3 Å². The molecule has 0 spiro atoms. The summed E-state index contributed by atoms with van der Waals surface area (Å²) in [6.07, 6.45) is 0. The van der Waals surface area contributed by atoms with Gasteiger partial charge in [0.1, 0.15) is 11.7 Å². The fourth-order valence-corrected chi connectivity index (χ4v) is 2.33. The fourth-order valence-electron chi connectivity index (χ4n) is 1.85. The minimum atomic E-state index is 0.748. The van der Waals surface area contributed by atoms with Gasteiger partial charge < -0.3 is 4.90 Å². The summed E-state index contributed by atoms with van der Waals surface area (Å²) >= 11 is 11.4. The molecule has 1 aliphatic heterocycles. The molecular weight excluding hydrogens is 242 g/mol. The molecule has 1 N–H and O–H groups in total. The van der Waals surface area contributed by atoms with Gasteiger partial charge in [-0.05, 0) is 25.1 Å². The first-order valence-electron chi connectivity index (χ1n) is 5.21. The maximum Gasteiger partial charge on any atom is 0.127 e. The van der Waals surface area contributed by atoms with E-state index in [1.165, 1.54) is 0 Å². The summed E-state index contributed by atoms with van der Waals surface area (Å²) in [5, 5.41) is 2.70. The molecule has 2 rings (SSSR count). The van der Waals surface area contributed by atoms with E-state index in [2.05, 4.69) is 17.2 Å². The number of rotatable bonds is 2. The number of hydrazine groups is 1. The van der Waals surface area contributed by atoms with E-state index < -0.39 is 0 Å². The van der Waals surface area contributed by atoms with Gasteiger partial charge in [0.05, 0.1) is 0 Å². The number of halogens is 1. The molecule has 0 aromatic heterocycles. The molecule has 86 valence electrons. The van der Waals surface area contributed by atoms with Crippen LogP contribution in [0.3, 0.4) is 0 Å². The topological polar surface area (TPSA) is 18.5 Å². The van der Waals surface area contributed by atoms with Crippen molar-refractivity contribution in [3.05, 3.63) is 28.8 Å². The normalized spacial score (nSPS) is 15.3. The summed E-state index contributed by atoms with van der Waals surface area (Å²) in [6.45, 7) is 3.79. The standard InChI is InChI=1S/C11H14ClN3S/c1-3-14-7-15(13-2)11(16)9-5-4-8(12)6-10(9)14/h4-6,13H,3,7H2,1-2H3. The van der Waals surface area contributed by atoms with Gasteiger partial charge in [0.15, 0.2) is 0 Å². The largest absolute Gasteiger partial charge is 0.352 e. The number of nitrogens with zero attached hydrogens (tertiary/aromatic N) is 2. The van der Waals surface area contributed by atoms with Crippen molar-refractivity contribution in [3.8, 4) is 0 Å². The molecule has 0 amide bonds. The lowest BCUT2D eigenvalue weighted by Gasteiger charge is -2.38. The van der Waals surface area contributed by atoms with Crippen molar-refractivity contribution in [2.45, 2.75) is 6.92 Å². The van der Waals surface area contributed by atoms with Gasteiger partial charge in [-0.1, -0.05) is 23.8 Å². The summed E-state index contributed by atoms with van der Waals surface area (Å²) in [5.41, 5.74) is 5.27. The van der Waals surface area contributed by atoms with Crippen LogP contribution in [0.25, 0.3) is 0 Å². The average Bonchev–Trinajstić information content (AvgIpc) is 2.29. The van der Waals surface area contributed by atoms with Gasteiger partial charge in [-0.25, -0.2) is 5.43 Å². The first-order valence-corrected chi connectivity index (χ1v) is 5.99. The quantitative estimate of drug-likeness (QED) is 0.817. The van der Waals surface area contributed by atoms with Gasteiger partial charge in [-0.3, -0.25) is 5.01 Å². The number of fused-ring (bicyclic) bond motifs is 1. The van der Waals surface area contributed by atoms with E-state index in [1.54, 1.807) is 0 Å². The highest BCUT2D eigenvalue weighted by atomic mass is 35.5. The van der Waals surface area contributed by atoms with Crippen molar-refractivity contribution in [1.29, 1.82) is 0 Å². The van der Waals surface area contributed by atoms with Crippen LogP contribution in [0.2, 0.25) is 5.02 Å². The summed E-state index contributed by atoms with van der Waals surface area (Å²) in [5.74, 6) is 0. The third-order valence-corrected chi connectivity index (χ3v) is 3.42. The molecule has 0 radical (unpaired) electrons. The first kappa shape index (κ1) is 11.6. The summed E-state index contributed by atoms with van der Waals surface area (Å²) in [7, 11) is 1.88. The minimum Gasteiger partial charge on any atom is -0.352 e. The van der Waals surface area contributed by atoms with Gasteiger partial charge >= 0.3 is 0 Å². The third-order valence-electron chi connectivity index (χ3n) is 2.74. The molecule has 0 atom stereocenters. The van der Waals surface area contributed by atoms with Gasteiger partial charge in [0.25, 0.3) is 0 Å². The van der Waals surface area contributed by atoms with Crippen LogP contribution in [0.5, 0.6) is 0 Å². The molecule has 0 fully saturated rings. The van der Waals surface area contributed by atoms with Crippen molar-refractivity contribution in [1.82, 2.24) is 10.4 Å². The predicted octanol–water partition coefficient (Wildman–Crippen LogP) is 2.25. The second-order valence-corrected chi connectivity index (χ2v) is 4.44. The second-order valence-electron chi connectivity index (χ2n) is 3.62. The molecule has 0 saturated heterocycles. The highest BCUT2D eigenvalue weighted by molar-refractivity contribution is 7.80.